The minimum atomic E-state index is -0.411. The molecule has 0 aliphatic heterocycles. The number of anilines is 1. The van der Waals surface area contributed by atoms with Crippen LogP contribution in [0.5, 0.6) is 0 Å². The maximum absolute atomic E-state index is 12.3. The molecule has 1 N–H and O–H groups in total. The summed E-state index contributed by atoms with van der Waals surface area (Å²) in [5.74, 6) is -0.735. The van der Waals surface area contributed by atoms with Crippen molar-refractivity contribution in [3.8, 4) is 0 Å². The first-order valence-corrected chi connectivity index (χ1v) is 9.06. The molecule has 0 saturated heterocycles. The topological polar surface area (TPSA) is 79.0 Å². The first-order valence-electron chi connectivity index (χ1n) is 8.24. The number of hydrogen-bond donors (Lipinski definition) is 1. The average Bonchev–Trinajstić information content (AvgIpc) is 2.91. The molecule has 0 atom stereocenters. The third-order valence-corrected chi connectivity index (χ3v) is 5.34. The van der Waals surface area contributed by atoms with Crippen molar-refractivity contribution >= 4 is 34.1 Å². The van der Waals surface area contributed by atoms with E-state index >= 15 is 0 Å². The molecule has 2 rings (SSSR count). The highest BCUT2D eigenvalue weighted by Gasteiger charge is 2.27. The molecular weight excluding hydrogens is 342 g/mol. The van der Waals surface area contributed by atoms with E-state index in [1.54, 1.807) is 26.0 Å². The predicted octanol–water partition coefficient (Wildman–Crippen LogP) is 1.37. The number of methoxy groups -OCH3 is 1. The molecular formula is C17H25N3O4S. The quantitative estimate of drug-likeness (QED) is 0.769. The van der Waals surface area contributed by atoms with Crippen LogP contribution in [0.25, 0.3) is 0 Å². The lowest BCUT2D eigenvalue weighted by Gasteiger charge is -2.18. The third-order valence-electron chi connectivity index (χ3n) is 4.13. The van der Waals surface area contributed by atoms with Crippen LogP contribution in [-0.2, 0) is 27.2 Å². The number of rotatable bonds is 6. The van der Waals surface area contributed by atoms with Crippen LogP contribution in [0.3, 0.4) is 0 Å². The van der Waals surface area contributed by atoms with E-state index in [4.69, 9.17) is 4.74 Å². The summed E-state index contributed by atoms with van der Waals surface area (Å²) in [6.07, 6.45) is 3.90. The van der Waals surface area contributed by atoms with E-state index < -0.39 is 5.97 Å². The molecule has 1 aromatic heterocycles. The van der Waals surface area contributed by atoms with Crippen LogP contribution in [-0.4, -0.2) is 68.9 Å². The Morgan fingerprint density at radius 2 is 1.80 bits per heavy atom. The van der Waals surface area contributed by atoms with Crippen LogP contribution < -0.4 is 5.32 Å². The lowest BCUT2D eigenvalue weighted by Crippen LogP contribution is -2.38. The van der Waals surface area contributed by atoms with Crippen LogP contribution >= 0.6 is 11.3 Å². The molecule has 0 aromatic carbocycles. The van der Waals surface area contributed by atoms with Gasteiger partial charge in [-0.05, 0) is 38.3 Å². The molecule has 1 aliphatic rings. The van der Waals surface area contributed by atoms with Gasteiger partial charge in [-0.3, -0.25) is 14.5 Å². The molecule has 0 spiro atoms. The normalized spacial score (nSPS) is 13.3. The van der Waals surface area contributed by atoms with Crippen molar-refractivity contribution in [1.29, 1.82) is 0 Å². The van der Waals surface area contributed by atoms with Gasteiger partial charge in [-0.15, -0.1) is 11.3 Å². The number of nitrogens with one attached hydrogen (secondary N) is 1. The number of ether oxygens (including phenoxy) is 1. The molecule has 0 fully saturated rings. The molecule has 0 bridgehead atoms. The predicted molar refractivity (Wildman–Crippen MR) is 97.1 cm³/mol. The summed E-state index contributed by atoms with van der Waals surface area (Å²) >= 11 is 1.45. The number of carbonyl (C=O) groups is 3. The molecule has 8 heteroatoms. The van der Waals surface area contributed by atoms with Crippen molar-refractivity contribution in [2.24, 2.45) is 0 Å². The summed E-state index contributed by atoms with van der Waals surface area (Å²) in [6, 6.07) is 0. The molecule has 2 amide bonds. The molecule has 1 aliphatic carbocycles. The maximum atomic E-state index is 12.3. The van der Waals surface area contributed by atoms with Crippen LogP contribution in [0.4, 0.5) is 5.00 Å². The first kappa shape index (κ1) is 19.4. The van der Waals surface area contributed by atoms with Crippen LogP contribution in [0.15, 0.2) is 0 Å². The van der Waals surface area contributed by atoms with Crippen molar-refractivity contribution < 1.29 is 19.1 Å². The Hall–Kier alpha value is -1.93. The number of likely N-dealkylation sites (N-methyl/N-ethyl adjacent to an activating group) is 2. The highest BCUT2D eigenvalue weighted by Crippen LogP contribution is 2.38. The average molecular weight is 367 g/mol. The number of esters is 1. The summed E-state index contributed by atoms with van der Waals surface area (Å²) in [5, 5.41) is 3.38. The molecule has 0 unspecified atom stereocenters. The molecule has 7 nitrogen and oxygen atoms in total. The zero-order valence-corrected chi connectivity index (χ0v) is 16.0. The Kier molecular flexibility index (Phi) is 6.55. The maximum Gasteiger partial charge on any atom is 0.341 e. The highest BCUT2D eigenvalue weighted by molar-refractivity contribution is 7.17. The van der Waals surface area contributed by atoms with Gasteiger partial charge in [0.1, 0.15) is 5.00 Å². The highest BCUT2D eigenvalue weighted by atomic mass is 32.1. The Morgan fingerprint density at radius 1 is 1.12 bits per heavy atom. The van der Waals surface area contributed by atoms with Gasteiger partial charge in [-0.1, -0.05) is 0 Å². The monoisotopic (exact) mass is 367 g/mol. The number of carbonyl (C=O) groups excluding carboxylic acids is 3. The van der Waals surface area contributed by atoms with Gasteiger partial charge in [0.25, 0.3) is 0 Å². The summed E-state index contributed by atoms with van der Waals surface area (Å²) in [7, 11) is 6.41. The number of fused-ring (bicyclic) bond motifs is 1. The molecule has 0 saturated carbocycles. The number of aryl methyl sites for hydroxylation is 1. The molecule has 138 valence electrons. The van der Waals surface area contributed by atoms with E-state index in [1.807, 2.05) is 0 Å². The standard InChI is InChI=1S/C17H25N3O4S/c1-19(2)14(22)10-20(3)9-13(21)18-16-15(17(23)24-4)11-7-5-6-8-12(11)25-16/h5-10H2,1-4H3,(H,18,21). The minimum absolute atomic E-state index is 0.0721. The largest absolute Gasteiger partial charge is 0.465 e. The van der Waals surface area contributed by atoms with Crippen LogP contribution in [0.2, 0.25) is 0 Å². The van der Waals surface area contributed by atoms with Crippen molar-refractivity contribution in [3.63, 3.8) is 0 Å². The lowest BCUT2D eigenvalue weighted by atomic mass is 9.95. The Balaban J connectivity index is 2.09. The second-order valence-corrected chi connectivity index (χ2v) is 7.52. The number of hydrogen-bond acceptors (Lipinski definition) is 6. The summed E-state index contributed by atoms with van der Waals surface area (Å²) in [5.41, 5.74) is 1.50. The smallest absolute Gasteiger partial charge is 0.341 e. The molecule has 1 heterocycles. The second-order valence-electron chi connectivity index (χ2n) is 6.42. The Bertz CT molecular complexity index is 669. The summed E-state index contributed by atoms with van der Waals surface area (Å²) in [6.45, 7) is 0.230. The number of thiophene rings is 1. The second kappa shape index (κ2) is 8.44. The van der Waals surface area contributed by atoms with E-state index in [0.29, 0.717) is 10.6 Å². The van der Waals surface area contributed by atoms with E-state index in [1.165, 1.54) is 23.3 Å². The van der Waals surface area contributed by atoms with Crippen molar-refractivity contribution in [1.82, 2.24) is 9.80 Å². The third kappa shape index (κ3) is 4.79. The van der Waals surface area contributed by atoms with Crippen LogP contribution in [0, 0.1) is 0 Å². The fourth-order valence-electron chi connectivity index (χ4n) is 2.81. The molecule has 25 heavy (non-hydrogen) atoms. The van der Waals surface area contributed by atoms with Crippen molar-refractivity contribution in [2.45, 2.75) is 25.7 Å². The van der Waals surface area contributed by atoms with E-state index in [9.17, 15) is 14.4 Å². The zero-order valence-electron chi connectivity index (χ0n) is 15.2. The fraction of sp³-hybridized carbons (Fsp3) is 0.588. The molecule has 0 radical (unpaired) electrons. The van der Waals surface area contributed by atoms with Gasteiger partial charge in [0, 0.05) is 19.0 Å². The van der Waals surface area contributed by atoms with E-state index in [0.717, 1.165) is 36.1 Å². The SMILES string of the molecule is COC(=O)c1c(NC(=O)CN(C)CC(=O)N(C)C)sc2c1CCCC2. The van der Waals surface area contributed by atoms with Gasteiger partial charge in [0.2, 0.25) is 11.8 Å². The van der Waals surface area contributed by atoms with Gasteiger partial charge in [0.15, 0.2) is 0 Å². The Morgan fingerprint density at radius 3 is 2.44 bits per heavy atom. The van der Waals surface area contributed by atoms with Crippen molar-refractivity contribution in [3.05, 3.63) is 16.0 Å². The molecule has 1 aromatic rings. The van der Waals surface area contributed by atoms with Crippen molar-refractivity contribution in [2.75, 3.05) is 46.7 Å². The fourth-order valence-corrected chi connectivity index (χ4v) is 4.11. The van der Waals surface area contributed by atoms with Crippen LogP contribution in [0.1, 0.15) is 33.6 Å². The first-order chi connectivity index (χ1) is 11.8. The van der Waals surface area contributed by atoms with Gasteiger partial charge in [-0.25, -0.2) is 4.79 Å². The van der Waals surface area contributed by atoms with Gasteiger partial charge >= 0.3 is 5.97 Å². The lowest BCUT2D eigenvalue weighted by molar-refractivity contribution is -0.130. The number of nitrogens with zero attached hydrogens (tertiary/aromatic N) is 2. The van der Waals surface area contributed by atoms with Gasteiger partial charge in [-0.2, -0.15) is 0 Å². The van der Waals surface area contributed by atoms with E-state index in [-0.39, 0.29) is 24.9 Å². The van der Waals surface area contributed by atoms with E-state index in [2.05, 4.69) is 5.32 Å². The Labute approximate surface area is 151 Å². The zero-order chi connectivity index (χ0) is 18.6. The summed E-state index contributed by atoms with van der Waals surface area (Å²) < 4.78 is 4.90. The number of amides is 2. The van der Waals surface area contributed by atoms with Gasteiger partial charge < -0.3 is 15.0 Å². The van der Waals surface area contributed by atoms with Gasteiger partial charge in [0.05, 0.1) is 25.8 Å². The summed E-state index contributed by atoms with van der Waals surface area (Å²) in [4.78, 5) is 40.5. The minimum Gasteiger partial charge on any atom is -0.465 e.